The molecule has 6 heteroatoms. The molecule has 2 aliphatic heterocycles. The van der Waals surface area contributed by atoms with Gasteiger partial charge in [0.15, 0.2) is 0 Å². The topological polar surface area (TPSA) is 12.5 Å². The van der Waals surface area contributed by atoms with E-state index in [-0.39, 0.29) is 18.9 Å². The van der Waals surface area contributed by atoms with Gasteiger partial charge < -0.3 is 4.18 Å². The van der Waals surface area contributed by atoms with E-state index in [1.54, 1.807) is 0 Å². The molecule has 0 N–H and O–H groups in total. The first-order valence-corrected chi connectivity index (χ1v) is 6.98. The normalized spacial score (nSPS) is 35.4. The lowest BCUT2D eigenvalue weighted by Gasteiger charge is -2.37. The Morgan fingerprint density at radius 1 is 1.47 bits per heavy atom. The highest BCUT2D eigenvalue weighted by Gasteiger charge is 2.45. The van der Waals surface area contributed by atoms with E-state index in [0.717, 1.165) is 23.9 Å². The summed E-state index contributed by atoms with van der Waals surface area (Å²) in [7, 11) is 0. The summed E-state index contributed by atoms with van der Waals surface area (Å²) in [6, 6.07) is 0.373. The lowest BCUT2D eigenvalue weighted by Crippen LogP contribution is -2.47. The summed E-state index contributed by atoms with van der Waals surface area (Å²) in [6.45, 7) is 1.10. The fraction of sp³-hybridized carbons (Fsp3) is 1.00. The molecular formula is C9H15F2NOS2. The van der Waals surface area contributed by atoms with Crippen molar-refractivity contribution in [3.8, 4) is 0 Å². The fourth-order valence-corrected chi connectivity index (χ4v) is 3.03. The number of fused-ring (bicyclic) bond motifs is 1. The maximum Gasteiger partial charge on any atom is 0.250 e. The predicted octanol–water partition coefficient (Wildman–Crippen LogP) is 2.76. The molecular weight excluding hydrogens is 240 g/mol. The standard InChI is InChI=1S/C9H15F2NOS2/c10-9(11)3-4-12-7(5-9)1-2-8(12)6-13-15-14/h7-8,14H,1-6H2/t7-,8-/m0/s1. The number of nitrogens with zero attached hydrogens (tertiary/aromatic N) is 1. The van der Waals surface area contributed by atoms with Crippen molar-refractivity contribution in [1.82, 2.24) is 4.90 Å². The van der Waals surface area contributed by atoms with Crippen molar-refractivity contribution in [2.24, 2.45) is 0 Å². The molecule has 2 heterocycles. The van der Waals surface area contributed by atoms with Crippen molar-refractivity contribution in [2.75, 3.05) is 13.2 Å². The van der Waals surface area contributed by atoms with Gasteiger partial charge in [-0.2, -0.15) is 0 Å². The Balaban J connectivity index is 1.89. The summed E-state index contributed by atoms with van der Waals surface area (Å²) in [5.74, 6) is -2.45. The monoisotopic (exact) mass is 255 g/mol. The van der Waals surface area contributed by atoms with Crippen molar-refractivity contribution < 1.29 is 13.0 Å². The molecule has 0 aliphatic carbocycles. The van der Waals surface area contributed by atoms with E-state index in [0.29, 0.717) is 19.2 Å². The van der Waals surface area contributed by atoms with Crippen LogP contribution in [-0.2, 0) is 4.18 Å². The smallest absolute Gasteiger partial charge is 0.250 e. The Labute approximate surface area is 97.7 Å². The van der Waals surface area contributed by atoms with Crippen LogP contribution in [0.15, 0.2) is 0 Å². The van der Waals surface area contributed by atoms with E-state index in [1.165, 1.54) is 0 Å². The van der Waals surface area contributed by atoms with Crippen molar-refractivity contribution in [3.63, 3.8) is 0 Å². The third-order valence-electron chi connectivity index (χ3n) is 3.35. The number of piperidine rings is 1. The van der Waals surface area contributed by atoms with E-state index in [4.69, 9.17) is 4.18 Å². The zero-order chi connectivity index (χ0) is 10.9. The Bertz CT molecular complexity index is 230. The summed E-state index contributed by atoms with van der Waals surface area (Å²) in [4.78, 5) is 2.18. The van der Waals surface area contributed by atoms with Crippen LogP contribution in [0.4, 0.5) is 8.78 Å². The number of halogens is 2. The zero-order valence-electron chi connectivity index (χ0n) is 8.36. The molecule has 2 aliphatic rings. The first-order chi connectivity index (χ1) is 7.12. The van der Waals surface area contributed by atoms with Crippen molar-refractivity contribution in [1.29, 1.82) is 0 Å². The molecule has 0 aromatic carbocycles. The molecule has 2 rings (SSSR count). The molecule has 2 saturated heterocycles. The Morgan fingerprint density at radius 3 is 3.00 bits per heavy atom. The third kappa shape index (κ3) is 2.78. The number of hydrogen-bond donors (Lipinski definition) is 1. The second-order valence-corrected chi connectivity index (χ2v) is 5.12. The third-order valence-corrected chi connectivity index (χ3v) is 3.91. The molecule has 0 aromatic rings. The number of rotatable bonds is 3. The molecule has 0 spiro atoms. The molecule has 0 radical (unpaired) electrons. The minimum Gasteiger partial charge on any atom is -0.304 e. The number of hydrogen-bond acceptors (Lipinski definition) is 4. The predicted molar refractivity (Wildman–Crippen MR) is 60.2 cm³/mol. The van der Waals surface area contributed by atoms with Gasteiger partial charge in [-0.1, -0.05) is 11.7 Å². The van der Waals surface area contributed by atoms with Crippen molar-refractivity contribution >= 4 is 22.7 Å². The Kier molecular flexibility index (Phi) is 3.80. The van der Waals surface area contributed by atoms with Crippen LogP contribution in [0.5, 0.6) is 0 Å². The molecule has 0 amide bonds. The van der Waals surface area contributed by atoms with Crippen LogP contribution in [0, 0.1) is 0 Å². The van der Waals surface area contributed by atoms with E-state index >= 15 is 0 Å². The summed E-state index contributed by atoms with van der Waals surface area (Å²) in [5, 5.41) is 0. The van der Waals surface area contributed by atoms with Gasteiger partial charge in [-0.15, -0.1) is 0 Å². The van der Waals surface area contributed by atoms with Gasteiger partial charge >= 0.3 is 0 Å². The van der Waals surface area contributed by atoms with Crippen LogP contribution in [-0.4, -0.2) is 36.1 Å². The SMILES string of the molecule is FC1(F)CCN2[C@H](COSS)CC[C@H]2C1. The maximum atomic E-state index is 13.1. The van der Waals surface area contributed by atoms with E-state index < -0.39 is 5.92 Å². The Hall–Kier alpha value is 0.480. The van der Waals surface area contributed by atoms with Crippen LogP contribution in [0.1, 0.15) is 25.7 Å². The molecule has 0 bridgehead atoms. The fourth-order valence-electron chi connectivity index (χ4n) is 2.63. The average molecular weight is 255 g/mol. The van der Waals surface area contributed by atoms with Gasteiger partial charge in [0, 0.05) is 31.5 Å². The quantitative estimate of drug-likeness (QED) is 0.473. The molecule has 2 nitrogen and oxygen atoms in total. The lowest BCUT2D eigenvalue weighted by atomic mass is 9.99. The van der Waals surface area contributed by atoms with Gasteiger partial charge in [0.1, 0.15) is 0 Å². The summed E-state index contributed by atoms with van der Waals surface area (Å²) >= 11 is 4.94. The number of thiol groups is 1. The largest absolute Gasteiger partial charge is 0.304 e. The molecule has 0 unspecified atom stereocenters. The van der Waals surface area contributed by atoms with E-state index in [9.17, 15) is 8.78 Å². The molecule has 2 atom stereocenters. The van der Waals surface area contributed by atoms with E-state index in [2.05, 4.69) is 16.6 Å². The number of alkyl halides is 2. The van der Waals surface area contributed by atoms with Gasteiger partial charge in [-0.25, -0.2) is 8.78 Å². The summed E-state index contributed by atoms with van der Waals surface area (Å²) < 4.78 is 31.5. The van der Waals surface area contributed by atoms with Gasteiger partial charge in [-0.05, 0) is 12.8 Å². The van der Waals surface area contributed by atoms with Crippen molar-refractivity contribution in [2.45, 2.75) is 43.7 Å². The zero-order valence-corrected chi connectivity index (χ0v) is 10.1. The summed E-state index contributed by atoms with van der Waals surface area (Å²) in [6.07, 6.45) is 1.86. The van der Waals surface area contributed by atoms with Crippen LogP contribution >= 0.6 is 22.7 Å². The van der Waals surface area contributed by atoms with Crippen LogP contribution in [0.3, 0.4) is 0 Å². The lowest BCUT2D eigenvalue weighted by molar-refractivity contribution is -0.0771. The van der Waals surface area contributed by atoms with Crippen LogP contribution in [0.2, 0.25) is 0 Å². The minimum atomic E-state index is -2.45. The van der Waals surface area contributed by atoms with Gasteiger partial charge in [-0.3, -0.25) is 4.90 Å². The van der Waals surface area contributed by atoms with Crippen LogP contribution in [0.25, 0.3) is 0 Å². The molecule has 15 heavy (non-hydrogen) atoms. The highest BCUT2D eigenvalue weighted by atomic mass is 33.1. The highest BCUT2D eigenvalue weighted by Crippen LogP contribution is 2.39. The Morgan fingerprint density at radius 2 is 2.27 bits per heavy atom. The van der Waals surface area contributed by atoms with Gasteiger partial charge in [0.2, 0.25) is 0 Å². The van der Waals surface area contributed by atoms with E-state index in [1.807, 2.05) is 0 Å². The van der Waals surface area contributed by atoms with Gasteiger partial charge in [0.25, 0.3) is 5.92 Å². The highest BCUT2D eigenvalue weighted by molar-refractivity contribution is 8.66. The maximum absolute atomic E-state index is 13.1. The van der Waals surface area contributed by atoms with Crippen LogP contribution < -0.4 is 0 Å². The first kappa shape index (κ1) is 12.0. The molecule has 88 valence electrons. The second-order valence-electron chi connectivity index (χ2n) is 4.29. The molecule has 0 saturated carbocycles. The first-order valence-electron chi connectivity index (χ1n) is 5.19. The average Bonchev–Trinajstić information content (AvgIpc) is 2.55. The van der Waals surface area contributed by atoms with Gasteiger partial charge in [0.05, 0.1) is 17.7 Å². The molecule has 2 fully saturated rings. The minimum absolute atomic E-state index is 0.00593. The second kappa shape index (κ2) is 4.77. The summed E-state index contributed by atoms with van der Waals surface area (Å²) in [5.41, 5.74) is 0. The van der Waals surface area contributed by atoms with Crippen molar-refractivity contribution in [3.05, 3.63) is 0 Å². The molecule has 0 aromatic heterocycles.